The highest BCUT2D eigenvalue weighted by atomic mass is 16.2. The minimum Gasteiger partial charge on any atom is -0.341 e. The van der Waals surface area contributed by atoms with E-state index in [9.17, 15) is 4.79 Å². The molecular formula is C14H24N2O. The van der Waals surface area contributed by atoms with Gasteiger partial charge >= 0.3 is 0 Å². The Morgan fingerprint density at radius 3 is 2.82 bits per heavy atom. The molecule has 0 spiro atoms. The van der Waals surface area contributed by atoms with Gasteiger partial charge in [-0.05, 0) is 56.9 Å². The van der Waals surface area contributed by atoms with Crippen LogP contribution >= 0.6 is 0 Å². The summed E-state index contributed by atoms with van der Waals surface area (Å²) in [5, 5.41) is 3.15. The number of carbonyl (C=O) groups excluding carboxylic acids is 1. The van der Waals surface area contributed by atoms with Gasteiger partial charge in [0.15, 0.2) is 0 Å². The van der Waals surface area contributed by atoms with E-state index in [0.717, 1.165) is 43.7 Å². The van der Waals surface area contributed by atoms with Crippen LogP contribution in [0.15, 0.2) is 0 Å². The zero-order valence-electron chi connectivity index (χ0n) is 10.8. The van der Waals surface area contributed by atoms with Crippen molar-refractivity contribution in [2.75, 3.05) is 20.1 Å². The van der Waals surface area contributed by atoms with Crippen molar-refractivity contribution >= 4 is 5.91 Å². The summed E-state index contributed by atoms with van der Waals surface area (Å²) < 4.78 is 0. The Morgan fingerprint density at radius 2 is 2.18 bits per heavy atom. The van der Waals surface area contributed by atoms with Crippen LogP contribution in [0.1, 0.15) is 38.5 Å². The Labute approximate surface area is 104 Å². The molecule has 1 amide bonds. The summed E-state index contributed by atoms with van der Waals surface area (Å²) in [7, 11) is 1.91. The van der Waals surface area contributed by atoms with Crippen LogP contribution in [0.5, 0.6) is 0 Å². The molecule has 1 saturated heterocycles. The molecule has 1 N–H and O–H groups in total. The summed E-state index contributed by atoms with van der Waals surface area (Å²) in [6.45, 7) is 2.03. The van der Waals surface area contributed by atoms with Crippen LogP contribution in [-0.2, 0) is 4.79 Å². The van der Waals surface area contributed by atoms with Gasteiger partial charge < -0.3 is 10.2 Å². The van der Waals surface area contributed by atoms with Gasteiger partial charge in [0.1, 0.15) is 0 Å². The second kappa shape index (κ2) is 4.60. The van der Waals surface area contributed by atoms with Crippen molar-refractivity contribution in [3.05, 3.63) is 0 Å². The van der Waals surface area contributed by atoms with Crippen LogP contribution < -0.4 is 5.32 Å². The van der Waals surface area contributed by atoms with Gasteiger partial charge in [-0.2, -0.15) is 0 Å². The van der Waals surface area contributed by atoms with E-state index in [-0.39, 0.29) is 6.04 Å². The number of fused-ring (bicyclic) bond motifs is 2. The van der Waals surface area contributed by atoms with Gasteiger partial charge in [0.25, 0.3) is 0 Å². The normalized spacial score (nSPS) is 41.2. The monoisotopic (exact) mass is 236 g/mol. The minimum absolute atomic E-state index is 0.0855. The molecule has 0 radical (unpaired) electrons. The molecule has 0 aromatic carbocycles. The lowest BCUT2D eigenvalue weighted by Crippen LogP contribution is -2.51. The Kier molecular flexibility index (Phi) is 3.12. The van der Waals surface area contributed by atoms with Crippen LogP contribution in [0, 0.1) is 17.8 Å². The Morgan fingerprint density at radius 1 is 1.29 bits per heavy atom. The Balaban J connectivity index is 1.59. The number of carbonyl (C=O) groups is 1. The maximum Gasteiger partial charge on any atom is 0.239 e. The van der Waals surface area contributed by atoms with E-state index in [2.05, 4.69) is 10.2 Å². The van der Waals surface area contributed by atoms with Crippen molar-refractivity contribution < 1.29 is 4.79 Å². The Hall–Kier alpha value is -0.570. The third-order valence-corrected chi connectivity index (χ3v) is 5.22. The molecule has 4 unspecified atom stereocenters. The number of rotatable bonds is 3. The summed E-state index contributed by atoms with van der Waals surface area (Å²) in [5.74, 6) is 3.09. The fourth-order valence-corrected chi connectivity index (χ4v) is 4.27. The van der Waals surface area contributed by atoms with Crippen molar-refractivity contribution in [2.24, 2.45) is 17.8 Å². The van der Waals surface area contributed by atoms with Gasteiger partial charge in [0.2, 0.25) is 5.91 Å². The third-order valence-electron chi connectivity index (χ3n) is 5.22. The van der Waals surface area contributed by atoms with Crippen LogP contribution in [0.4, 0.5) is 0 Å². The van der Waals surface area contributed by atoms with E-state index in [1.165, 1.54) is 25.7 Å². The largest absolute Gasteiger partial charge is 0.341 e. The molecule has 1 aliphatic heterocycles. The predicted octanol–water partition coefficient (Wildman–Crippen LogP) is 1.63. The lowest BCUT2D eigenvalue weighted by atomic mass is 9.88. The van der Waals surface area contributed by atoms with E-state index in [1.54, 1.807) is 0 Å². The third kappa shape index (κ3) is 2.10. The first-order valence-corrected chi connectivity index (χ1v) is 7.24. The molecule has 17 heavy (non-hydrogen) atoms. The molecule has 4 atom stereocenters. The molecule has 2 bridgehead atoms. The lowest BCUT2D eigenvalue weighted by molar-refractivity contribution is -0.136. The van der Waals surface area contributed by atoms with Crippen LogP contribution in [-0.4, -0.2) is 37.0 Å². The second-order valence-corrected chi connectivity index (χ2v) is 6.20. The summed E-state index contributed by atoms with van der Waals surface area (Å²) >= 11 is 0. The van der Waals surface area contributed by atoms with Crippen LogP contribution in [0.3, 0.4) is 0 Å². The van der Waals surface area contributed by atoms with Crippen molar-refractivity contribution in [1.29, 1.82) is 0 Å². The highest BCUT2D eigenvalue weighted by Gasteiger charge is 2.41. The topological polar surface area (TPSA) is 32.3 Å². The molecule has 3 nitrogen and oxygen atoms in total. The van der Waals surface area contributed by atoms with Gasteiger partial charge in [0.05, 0.1) is 6.04 Å². The average molecular weight is 236 g/mol. The number of amides is 1. The molecule has 3 heteroatoms. The summed E-state index contributed by atoms with van der Waals surface area (Å²) in [4.78, 5) is 14.3. The number of nitrogens with zero attached hydrogens (tertiary/aromatic N) is 1. The van der Waals surface area contributed by atoms with Gasteiger partial charge in [0, 0.05) is 13.1 Å². The van der Waals surface area contributed by atoms with Crippen molar-refractivity contribution in [3.8, 4) is 0 Å². The quantitative estimate of drug-likeness (QED) is 0.808. The van der Waals surface area contributed by atoms with Gasteiger partial charge in [-0.3, -0.25) is 4.79 Å². The van der Waals surface area contributed by atoms with E-state index in [0.29, 0.717) is 5.91 Å². The van der Waals surface area contributed by atoms with Gasteiger partial charge in [-0.15, -0.1) is 0 Å². The van der Waals surface area contributed by atoms with Gasteiger partial charge in [-0.1, -0.05) is 6.42 Å². The molecular weight excluding hydrogens is 212 g/mol. The zero-order chi connectivity index (χ0) is 11.8. The number of likely N-dealkylation sites (N-methyl/N-ethyl adjacent to an activating group) is 1. The van der Waals surface area contributed by atoms with Crippen molar-refractivity contribution in [3.63, 3.8) is 0 Å². The highest BCUT2D eigenvalue weighted by molar-refractivity contribution is 5.82. The van der Waals surface area contributed by atoms with E-state index < -0.39 is 0 Å². The lowest BCUT2D eigenvalue weighted by Gasteiger charge is -2.35. The van der Waals surface area contributed by atoms with Gasteiger partial charge in [-0.25, -0.2) is 0 Å². The van der Waals surface area contributed by atoms with Crippen LogP contribution in [0.2, 0.25) is 0 Å². The predicted molar refractivity (Wildman–Crippen MR) is 67.6 cm³/mol. The first kappa shape index (κ1) is 11.5. The molecule has 0 aromatic rings. The molecule has 3 rings (SSSR count). The first-order chi connectivity index (χ1) is 8.28. The molecule has 96 valence electrons. The van der Waals surface area contributed by atoms with Crippen molar-refractivity contribution in [1.82, 2.24) is 10.2 Å². The van der Waals surface area contributed by atoms with Crippen LogP contribution in [0.25, 0.3) is 0 Å². The number of nitrogens with one attached hydrogen (secondary N) is 1. The molecule has 0 aromatic heterocycles. The number of hydrogen-bond donors (Lipinski definition) is 1. The zero-order valence-corrected chi connectivity index (χ0v) is 10.8. The fraction of sp³-hybridized carbons (Fsp3) is 0.929. The number of hydrogen-bond acceptors (Lipinski definition) is 2. The summed E-state index contributed by atoms with van der Waals surface area (Å²) in [5.41, 5.74) is 0. The molecule has 3 fully saturated rings. The number of likely N-dealkylation sites (tertiary alicyclic amines) is 1. The molecule has 2 aliphatic carbocycles. The SMILES string of the molecule is CNC1CCCN(CC2CC3CCC2C3)C1=O. The second-order valence-electron chi connectivity index (χ2n) is 6.20. The Bertz CT molecular complexity index is 305. The highest BCUT2D eigenvalue weighted by Crippen LogP contribution is 2.48. The van der Waals surface area contributed by atoms with E-state index >= 15 is 0 Å². The molecule has 1 heterocycles. The molecule has 3 aliphatic rings. The maximum atomic E-state index is 12.2. The molecule has 2 saturated carbocycles. The summed E-state index contributed by atoms with van der Waals surface area (Å²) in [6.07, 6.45) is 7.89. The maximum absolute atomic E-state index is 12.2. The van der Waals surface area contributed by atoms with E-state index in [1.807, 2.05) is 7.05 Å². The number of piperidine rings is 1. The fourth-order valence-electron chi connectivity index (χ4n) is 4.27. The minimum atomic E-state index is 0.0855. The van der Waals surface area contributed by atoms with Crippen molar-refractivity contribution in [2.45, 2.75) is 44.6 Å². The smallest absolute Gasteiger partial charge is 0.239 e. The first-order valence-electron chi connectivity index (χ1n) is 7.24. The average Bonchev–Trinajstić information content (AvgIpc) is 2.94. The standard InChI is InChI=1S/C14H24N2O/c1-15-13-3-2-6-16(14(13)17)9-12-8-10-4-5-11(12)7-10/h10-13,15H,2-9H2,1H3. The van der Waals surface area contributed by atoms with E-state index in [4.69, 9.17) is 0 Å². The summed E-state index contributed by atoms with van der Waals surface area (Å²) in [6, 6.07) is 0.0855.